The van der Waals surface area contributed by atoms with E-state index in [1.54, 1.807) is 223 Å². The molecule has 0 saturated carbocycles. The maximum atomic E-state index is 11.5. The lowest BCUT2D eigenvalue weighted by atomic mass is 9.40. The predicted octanol–water partition coefficient (Wildman–Crippen LogP) is 23.8. The van der Waals surface area contributed by atoms with E-state index in [0.717, 1.165) is 60.7 Å². The zero-order valence-corrected chi connectivity index (χ0v) is 81.9. The molecule has 0 bridgehead atoms. The summed E-state index contributed by atoms with van der Waals surface area (Å²) in [5.41, 5.74) is 12.7. The van der Waals surface area contributed by atoms with Gasteiger partial charge in [0.1, 0.15) is 36.2 Å². The average Bonchev–Trinajstić information content (AvgIpc) is 0.792. The van der Waals surface area contributed by atoms with Crippen LogP contribution in [0.25, 0.3) is 32.7 Å². The van der Waals surface area contributed by atoms with E-state index in [-0.39, 0.29) is 101 Å². The van der Waals surface area contributed by atoms with Crippen LogP contribution < -0.4 is 14.2 Å². The van der Waals surface area contributed by atoms with Crippen molar-refractivity contribution in [3.8, 4) is 34.1 Å². The van der Waals surface area contributed by atoms with E-state index in [1.165, 1.54) is 69.2 Å². The summed E-state index contributed by atoms with van der Waals surface area (Å²) in [4.78, 5) is 180. The fourth-order valence-electron chi connectivity index (χ4n) is 12.5. The van der Waals surface area contributed by atoms with Gasteiger partial charge in [0.2, 0.25) is 0 Å². The molecule has 0 amide bonds. The molecule has 0 heterocycles. The lowest BCUT2D eigenvalue weighted by molar-refractivity contribution is 0.0999. The monoisotopic (exact) mass is 1870 g/mol. The number of benzene rings is 14. The first-order valence-electron chi connectivity index (χ1n) is 43.5. The van der Waals surface area contributed by atoms with Gasteiger partial charge in [0, 0.05) is 145 Å². The van der Waals surface area contributed by atoms with Gasteiger partial charge in [0.05, 0.1) is 0 Å². The van der Waals surface area contributed by atoms with E-state index in [2.05, 4.69) is 30.9 Å². The third-order valence-electron chi connectivity index (χ3n) is 20.3. The van der Waals surface area contributed by atoms with E-state index in [0.29, 0.717) is 114 Å². The van der Waals surface area contributed by atoms with E-state index in [4.69, 9.17) is 14.2 Å². The van der Waals surface area contributed by atoms with Crippen LogP contribution in [-0.4, -0.2) is 152 Å². The quantitative estimate of drug-likeness (QED) is 0.0276. The molecule has 0 unspecified atom stereocenters. The first-order chi connectivity index (χ1) is 66.1. The van der Waals surface area contributed by atoms with E-state index in [9.17, 15) is 76.7 Å². The number of Topliss-reactive ketones (excluding diaryl/α,β-unsaturated/α-hetero) is 16. The van der Waals surface area contributed by atoms with Gasteiger partial charge in [-0.15, -0.1) is 0 Å². The van der Waals surface area contributed by atoms with Crippen molar-refractivity contribution in [2.24, 2.45) is 0 Å². The molecule has 26 heteroatoms. The molecule has 0 atom stereocenters. The number of ether oxygens (including phenoxy) is 3. The summed E-state index contributed by atoms with van der Waals surface area (Å²) < 4.78 is 16.7. The molecular formula is C114H104B6O19S. The second-order valence-electron chi connectivity index (χ2n) is 30.9. The minimum Gasteiger partial charge on any atom is -0.490 e. The lowest BCUT2D eigenvalue weighted by Crippen LogP contribution is -2.09. The molecule has 0 N–H and O–H groups in total. The molecule has 0 aliphatic heterocycles. The van der Waals surface area contributed by atoms with Crippen molar-refractivity contribution in [2.45, 2.75) is 121 Å². The first-order valence-corrected chi connectivity index (χ1v) is 44.3. The van der Waals surface area contributed by atoms with Crippen LogP contribution in [0.1, 0.15) is 277 Å². The van der Waals surface area contributed by atoms with Gasteiger partial charge in [-0.3, -0.25) is 76.7 Å². The highest BCUT2D eigenvalue weighted by Gasteiger charge is 2.14. The van der Waals surface area contributed by atoms with Gasteiger partial charge in [0.25, 0.3) is 0 Å². The van der Waals surface area contributed by atoms with Gasteiger partial charge in [-0.05, 0) is 283 Å². The number of carbonyl (C=O) groups is 16. The van der Waals surface area contributed by atoms with Crippen molar-refractivity contribution in [3.63, 3.8) is 0 Å². The summed E-state index contributed by atoms with van der Waals surface area (Å²) in [6, 6.07) is 93.2. The third-order valence-corrected chi connectivity index (χ3v) is 21.3. The average molecular weight is 1880 g/mol. The molecule has 0 spiro atoms. The largest absolute Gasteiger partial charge is 0.490 e. The summed E-state index contributed by atoms with van der Waals surface area (Å²) in [5.74, 6) is 3.23. The Balaban J connectivity index is 0.000000333. The van der Waals surface area contributed by atoms with Crippen LogP contribution >= 0.6 is 11.8 Å². The predicted molar refractivity (Wildman–Crippen MR) is 561 cm³/mol. The second-order valence-corrected chi connectivity index (χ2v) is 32.1. The van der Waals surface area contributed by atoms with Crippen LogP contribution in [0.2, 0.25) is 0 Å². The minimum atomic E-state index is -0.0156. The SMILES string of the molecule is CC(=O)c1ccc(-c2ccc(C(C)=O)cc2)cc1.CC(=O)c1ccc(C(C)=O)cc1.CC(=O)c1ccc(OCCOc2ccc(C(C)=O)cc2)cc1.CC(=O)c1ccc(Oc2ccc(C(C)=O)cc2)cc1.CC(=O)c1ccc(Sc2ccc(C(C)=O)cc2)cc1.CC(=O)c1ccc2cc(C(C)=O)ccc2c1.CC(=O)c1cccc(C(C)=O)c1.CC(=O)c1cccc2c(C(C)=O)cccc12.[B].[B][B].[B][B][B]. The Hall–Kier alpha value is -15.5. The Morgan fingerprint density at radius 1 is 0.221 bits per heavy atom. The van der Waals surface area contributed by atoms with Crippen LogP contribution in [0.4, 0.5) is 0 Å². The Morgan fingerprint density at radius 3 is 0.629 bits per heavy atom. The maximum Gasteiger partial charge on any atom is 0.160 e. The molecule has 140 heavy (non-hydrogen) atoms. The van der Waals surface area contributed by atoms with Crippen molar-refractivity contribution in [1.82, 2.24) is 0 Å². The number of carbonyl (C=O) groups excluding carboxylic acids is 16. The Bertz CT molecular complexity index is 6160. The highest BCUT2D eigenvalue weighted by Crippen LogP contribution is 2.30. The number of fused-ring (bicyclic) bond motifs is 2. The third kappa shape index (κ3) is 39.6. The highest BCUT2D eigenvalue weighted by atomic mass is 32.2. The van der Waals surface area contributed by atoms with Gasteiger partial charge in [-0.25, -0.2) is 0 Å². The molecule has 0 aliphatic rings. The molecule has 14 rings (SSSR count). The molecule has 0 aliphatic carbocycles. The maximum absolute atomic E-state index is 11.5. The van der Waals surface area contributed by atoms with Crippen LogP contribution in [0.15, 0.2) is 325 Å². The van der Waals surface area contributed by atoms with E-state index < -0.39 is 0 Å². The standard InChI is InChI=1S/C18H18O4.C16H14O3.C16H14O2S.C16H14O2.2C14H12O2.2C10H10O2.B3.B2.B/c1-13(19)15-3-7-17(8-4-15)21-11-12-22-18-9-5-16(6-10-18)14(2)20;2*1-11(17)13-3-7-15(8-4-13)19-16-9-5-14(6-10-16)12(2)18;1-11(17)13-3-7-15(8-4-13)16-9-5-14(6-10-16)12(2)18;1-9(15)11-3-5-14-8-12(10(2)16)4-6-13(14)7-11;1-9(15)11-5-3-8-14-12(10(2)16)6-4-7-13(11)14;1-7(11)9-3-5-10(6-4-9)8(2)12;1-7(11)9-4-3-5-10(6-9)8(2)12;1-3-2;1-2;/h3-10H,11-12H2,1-2H3;2*3-10H,1-2H3;3-10H,1-2H3;2*3-8H,1-2H3;2*3-6H,1-2H3;;;. The number of hydrogen-bond donors (Lipinski definition) is 0. The van der Waals surface area contributed by atoms with E-state index in [1.807, 2.05) is 146 Å². The molecular weight excluding hydrogens is 1770 g/mol. The minimum absolute atomic E-state index is 0. The molecule has 698 valence electrons. The summed E-state index contributed by atoms with van der Waals surface area (Å²) in [7, 11) is 18.0. The molecule has 14 aromatic rings. The first kappa shape index (κ1) is 117. The Kier molecular flexibility index (Phi) is 50.2. The molecule has 12 radical (unpaired) electrons. The normalized spacial score (nSPS) is 9.74. The molecule has 19 nitrogen and oxygen atoms in total. The Morgan fingerprint density at radius 2 is 0.407 bits per heavy atom. The number of hydrogen-bond acceptors (Lipinski definition) is 20. The van der Waals surface area contributed by atoms with Gasteiger partial charge in [-0.2, -0.15) is 0 Å². The van der Waals surface area contributed by atoms with Gasteiger partial charge >= 0.3 is 0 Å². The second kappa shape index (κ2) is 60.1. The van der Waals surface area contributed by atoms with Crippen LogP contribution in [0.3, 0.4) is 0 Å². The van der Waals surface area contributed by atoms with Gasteiger partial charge in [0.15, 0.2) is 92.5 Å². The fourth-order valence-corrected chi connectivity index (χ4v) is 13.3. The zero-order valence-electron chi connectivity index (χ0n) is 81.1. The van der Waals surface area contributed by atoms with Crippen LogP contribution in [-0.2, 0) is 0 Å². The Labute approximate surface area is 830 Å². The van der Waals surface area contributed by atoms with Crippen molar-refractivity contribution in [3.05, 3.63) is 404 Å². The number of rotatable bonds is 26. The molecule has 14 aromatic carbocycles. The van der Waals surface area contributed by atoms with Crippen LogP contribution in [0, 0.1) is 0 Å². The van der Waals surface area contributed by atoms with Gasteiger partial charge in [-0.1, -0.05) is 188 Å². The van der Waals surface area contributed by atoms with Gasteiger partial charge < -0.3 is 14.2 Å². The zero-order chi connectivity index (χ0) is 103. The van der Waals surface area contributed by atoms with Crippen LogP contribution in [0.5, 0.6) is 23.0 Å². The summed E-state index contributed by atoms with van der Waals surface area (Å²) in [6.45, 7) is 25.3. The summed E-state index contributed by atoms with van der Waals surface area (Å²) >= 11 is 1.61. The smallest absolute Gasteiger partial charge is 0.160 e. The molecule has 0 saturated heterocycles. The van der Waals surface area contributed by atoms with Crippen molar-refractivity contribution in [2.75, 3.05) is 13.2 Å². The van der Waals surface area contributed by atoms with Crippen molar-refractivity contribution in [1.29, 1.82) is 0 Å². The summed E-state index contributed by atoms with van der Waals surface area (Å²) in [6.07, 6.45) is 0. The highest BCUT2D eigenvalue weighted by molar-refractivity contribution is 7.99. The molecule has 0 aromatic heterocycles. The topological polar surface area (TPSA) is 301 Å². The van der Waals surface area contributed by atoms with Crippen molar-refractivity contribution < 1.29 is 90.9 Å². The van der Waals surface area contributed by atoms with E-state index >= 15 is 0 Å². The molecule has 0 fully saturated rings. The lowest BCUT2D eigenvalue weighted by Gasteiger charge is -2.09. The van der Waals surface area contributed by atoms with Crippen molar-refractivity contribution >= 4 is 172 Å². The summed E-state index contributed by atoms with van der Waals surface area (Å²) in [5, 5.41) is 3.67. The fraction of sp³-hybridized carbons (Fsp3) is 0.158. The number of ketones is 16.